The smallest absolute Gasteiger partial charge is 0.216 e. The maximum absolute atomic E-state index is 12.5. The van der Waals surface area contributed by atoms with Gasteiger partial charge in [0, 0.05) is 32.7 Å². The van der Waals surface area contributed by atoms with Gasteiger partial charge in [-0.3, -0.25) is 0 Å². The van der Waals surface area contributed by atoms with Crippen LogP contribution in [0.25, 0.3) is 0 Å². The van der Waals surface area contributed by atoms with Gasteiger partial charge < -0.3 is 24.5 Å². The molecule has 0 amide bonds. The molecule has 1 atom stereocenters. The van der Waals surface area contributed by atoms with Crippen molar-refractivity contribution >= 4 is 40.0 Å². The normalized spacial score (nSPS) is 18.2. The van der Waals surface area contributed by atoms with Gasteiger partial charge in [-0.05, 0) is 39.8 Å². The Morgan fingerprint density at radius 1 is 1.37 bits per heavy atom. The van der Waals surface area contributed by atoms with Crippen LogP contribution in [-0.2, 0) is 20.4 Å². The number of nitrogens with one attached hydrogen (secondary N) is 1. The molecule has 11 heteroatoms. The number of ether oxygens (including phenoxy) is 1. The van der Waals surface area contributed by atoms with Crippen LogP contribution < -0.4 is 5.32 Å². The molecule has 2 heterocycles. The number of rotatable bonds is 9. The van der Waals surface area contributed by atoms with Crippen molar-refractivity contribution in [3.8, 4) is 0 Å². The zero-order valence-corrected chi connectivity index (χ0v) is 21.4. The van der Waals surface area contributed by atoms with E-state index >= 15 is 0 Å². The first-order valence-electron chi connectivity index (χ1n) is 10.0. The van der Waals surface area contributed by atoms with E-state index < -0.39 is 15.6 Å². The number of furan rings is 1. The molecule has 1 unspecified atom stereocenters. The van der Waals surface area contributed by atoms with Gasteiger partial charge in [0.2, 0.25) is 10.0 Å². The van der Waals surface area contributed by atoms with Crippen LogP contribution >= 0.6 is 24.0 Å². The number of hydrogen-bond donors (Lipinski definition) is 2. The molecule has 1 fully saturated rings. The molecule has 1 aliphatic heterocycles. The second-order valence-corrected chi connectivity index (χ2v) is 9.63. The largest absolute Gasteiger partial charge is 0.466 e. The lowest BCUT2D eigenvalue weighted by atomic mass is 10.0. The van der Waals surface area contributed by atoms with Crippen LogP contribution in [0.2, 0.25) is 0 Å². The molecule has 1 aliphatic rings. The van der Waals surface area contributed by atoms with E-state index in [1.807, 2.05) is 25.7 Å². The third-order valence-electron chi connectivity index (χ3n) is 4.65. The minimum Gasteiger partial charge on any atom is -0.466 e. The number of halogens is 1. The number of aliphatic hydroxyl groups is 1. The lowest BCUT2D eigenvalue weighted by molar-refractivity contribution is 0.0434. The van der Waals surface area contributed by atoms with E-state index in [0.717, 1.165) is 0 Å². The second kappa shape index (κ2) is 12.2. The van der Waals surface area contributed by atoms with Gasteiger partial charge in [-0.25, -0.2) is 13.4 Å². The molecule has 0 aliphatic carbocycles. The summed E-state index contributed by atoms with van der Waals surface area (Å²) in [5.74, 6) is 1.10. The number of nitrogens with zero attached hydrogens (tertiary/aromatic N) is 3. The van der Waals surface area contributed by atoms with Crippen LogP contribution in [0.3, 0.4) is 0 Å². The number of piperazine rings is 1. The monoisotopic (exact) mass is 558 g/mol. The van der Waals surface area contributed by atoms with Gasteiger partial charge in [-0.15, -0.1) is 24.0 Å². The van der Waals surface area contributed by atoms with Crippen molar-refractivity contribution in [3.63, 3.8) is 0 Å². The van der Waals surface area contributed by atoms with Crippen molar-refractivity contribution in [2.45, 2.75) is 39.4 Å². The van der Waals surface area contributed by atoms with Gasteiger partial charge in [-0.2, -0.15) is 4.31 Å². The van der Waals surface area contributed by atoms with Crippen LogP contribution in [0.4, 0.5) is 0 Å². The molecule has 2 rings (SSSR count). The van der Waals surface area contributed by atoms with Crippen LogP contribution in [-0.4, -0.2) is 86.4 Å². The first-order valence-corrected chi connectivity index (χ1v) is 11.7. The average Bonchev–Trinajstić information content (AvgIpc) is 3.20. The fourth-order valence-electron chi connectivity index (χ4n) is 3.01. The van der Waals surface area contributed by atoms with Crippen molar-refractivity contribution in [1.29, 1.82) is 0 Å². The summed E-state index contributed by atoms with van der Waals surface area (Å²) in [6.07, 6.45) is 1.53. The maximum atomic E-state index is 12.5. The molecule has 0 saturated carbocycles. The highest BCUT2D eigenvalue weighted by Crippen LogP contribution is 2.21. The Balaban J connectivity index is 0.00000450. The summed E-state index contributed by atoms with van der Waals surface area (Å²) in [7, 11) is -3.34. The minimum absolute atomic E-state index is 0. The van der Waals surface area contributed by atoms with E-state index in [4.69, 9.17) is 9.15 Å². The molecule has 1 aromatic heterocycles. The van der Waals surface area contributed by atoms with E-state index in [9.17, 15) is 13.5 Å². The molecule has 30 heavy (non-hydrogen) atoms. The molecule has 1 aromatic rings. The number of sulfonamides is 1. The predicted molar refractivity (Wildman–Crippen MR) is 128 cm³/mol. The summed E-state index contributed by atoms with van der Waals surface area (Å²) in [6, 6.07) is 3.44. The minimum atomic E-state index is -3.34. The Morgan fingerprint density at radius 3 is 2.57 bits per heavy atom. The number of aliphatic imine (C=N–C) groups is 1. The molecular weight excluding hydrogens is 523 g/mol. The topological polar surface area (TPSA) is 108 Å². The fraction of sp³-hybridized carbons (Fsp3) is 0.737. The number of hydrogen-bond acceptors (Lipinski definition) is 6. The van der Waals surface area contributed by atoms with Crippen LogP contribution in [0, 0.1) is 0 Å². The van der Waals surface area contributed by atoms with Gasteiger partial charge in [0.25, 0.3) is 0 Å². The molecule has 174 valence electrons. The van der Waals surface area contributed by atoms with Crippen molar-refractivity contribution in [1.82, 2.24) is 14.5 Å². The average molecular weight is 558 g/mol. The molecule has 0 aromatic carbocycles. The predicted octanol–water partition coefficient (Wildman–Crippen LogP) is 1.44. The molecule has 0 spiro atoms. The van der Waals surface area contributed by atoms with Crippen LogP contribution in [0.15, 0.2) is 27.8 Å². The van der Waals surface area contributed by atoms with E-state index in [1.54, 1.807) is 19.1 Å². The van der Waals surface area contributed by atoms with Crippen LogP contribution in [0.5, 0.6) is 0 Å². The van der Waals surface area contributed by atoms with E-state index in [-0.39, 0.29) is 49.0 Å². The highest BCUT2D eigenvalue weighted by Gasteiger charge is 2.30. The Labute approximate surface area is 196 Å². The Kier molecular flexibility index (Phi) is 11.1. The summed E-state index contributed by atoms with van der Waals surface area (Å²) in [5, 5.41) is 13.8. The van der Waals surface area contributed by atoms with Gasteiger partial charge in [0.1, 0.15) is 11.4 Å². The van der Waals surface area contributed by atoms with Gasteiger partial charge in [-0.1, -0.05) is 0 Å². The highest BCUT2D eigenvalue weighted by atomic mass is 127. The summed E-state index contributed by atoms with van der Waals surface area (Å²) in [5.41, 5.74) is -1.22. The SMILES string of the molecule is CCNC(=NCC(C)(O)c1ccco1)N1CCN(S(=O)(=O)CCOC(C)C)CC1.I. The lowest BCUT2D eigenvalue weighted by Gasteiger charge is -2.36. The van der Waals surface area contributed by atoms with Crippen molar-refractivity contribution in [2.75, 3.05) is 51.6 Å². The maximum Gasteiger partial charge on any atom is 0.216 e. The van der Waals surface area contributed by atoms with Crippen LogP contribution in [0.1, 0.15) is 33.5 Å². The molecule has 2 N–H and O–H groups in total. The Morgan fingerprint density at radius 2 is 2.03 bits per heavy atom. The third-order valence-corrected chi connectivity index (χ3v) is 6.48. The van der Waals surface area contributed by atoms with E-state index in [2.05, 4.69) is 10.3 Å². The number of guanidine groups is 1. The summed E-state index contributed by atoms with van der Waals surface area (Å²) < 4.78 is 37.2. The first-order chi connectivity index (χ1) is 13.7. The summed E-state index contributed by atoms with van der Waals surface area (Å²) in [4.78, 5) is 6.57. The van der Waals surface area contributed by atoms with Gasteiger partial charge >= 0.3 is 0 Å². The van der Waals surface area contributed by atoms with E-state index in [0.29, 0.717) is 44.4 Å². The van der Waals surface area contributed by atoms with Crippen molar-refractivity contribution in [2.24, 2.45) is 4.99 Å². The van der Waals surface area contributed by atoms with Crippen molar-refractivity contribution < 1.29 is 22.7 Å². The van der Waals surface area contributed by atoms with Gasteiger partial charge in [0.15, 0.2) is 5.96 Å². The standard InChI is InChI=1S/C19H34N4O5S.HI/c1-5-20-18(21-15-19(4,24)17-7-6-12-28-17)22-8-10-23(11-9-22)29(25,26)14-13-27-16(2)3;/h6-7,12,16,24H,5,8-11,13-15H2,1-4H3,(H,20,21);1H. The van der Waals surface area contributed by atoms with Crippen molar-refractivity contribution in [3.05, 3.63) is 24.2 Å². The quantitative estimate of drug-likeness (QED) is 0.269. The van der Waals surface area contributed by atoms with Gasteiger partial charge in [0.05, 0.1) is 31.3 Å². The molecule has 1 saturated heterocycles. The molecule has 0 radical (unpaired) electrons. The molecular formula is C19H35IN4O5S. The fourth-order valence-corrected chi connectivity index (χ4v) is 4.30. The zero-order valence-electron chi connectivity index (χ0n) is 18.2. The molecule has 9 nitrogen and oxygen atoms in total. The molecule has 0 bridgehead atoms. The lowest BCUT2D eigenvalue weighted by Crippen LogP contribution is -2.54. The summed E-state index contributed by atoms with van der Waals surface area (Å²) in [6.45, 7) is 10.2. The Bertz CT molecular complexity index is 745. The second-order valence-electron chi connectivity index (χ2n) is 7.54. The van der Waals surface area contributed by atoms with E-state index in [1.165, 1.54) is 10.6 Å². The first kappa shape index (κ1) is 27.1. The Hall–Kier alpha value is -0.890. The summed E-state index contributed by atoms with van der Waals surface area (Å²) >= 11 is 0. The zero-order chi connectivity index (χ0) is 21.5. The third kappa shape index (κ3) is 7.98. The highest BCUT2D eigenvalue weighted by molar-refractivity contribution is 14.0.